The first-order valence-electron chi connectivity index (χ1n) is 12.1. The third-order valence-corrected chi connectivity index (χ3v) is 7.07. The molecule has 2 aliphatic carbocycles. The number of amides is 2. The van der Waals surface area contributed by atoms with Crippen molar-refractivity contribution >= 4 is 18.0 Å². The number of benzene rings is 2. The summed E-state index contributed by atoms with van der Waals surface area (Å²) in [6, 6.07) is 15.8. The van der Waals surface area contributed by atoms with Crippen LogP contribution in [0.2, 0.25) is 0 Å². The van der Waals surface area contributed by atoms with Crippen LogP contribution in [0.5, 0.6) is 0 Å². The zero-order valence-corrected chi connectivity index (χ0v) is 19.8. The van der Waals surface area contributed by atoms with Gasteiger partial charge in [0.25, 0.3) is 0 Å². The van der Waals surface area contributed by atoms with Crippen LogP contribution in [0, 0.1) is 5.92 Å². The van der Waals surface area contributed by atoms with Gasteiger partial charge in [-0.2, -0.15) is 0 Å². The normalized spacial score (nSPS) is 21.1. The minimum Gasteiger partial charge on any atom is -0.479 e. The average molecular weight is 481 g/mol. The summed E-state index contributed by atoms with van der Waals surface area (Å²) >= 11 is 0. The van der Waals surface area contributed by atoms with E-state index in [2.05, 4.69) is 34.9 Å². The lowest BCUT2D eigenvalue weighted by Crippen LogP contribution is -2.51. The molecule has 2 aromatic rings. The molecule has 0 saturated heterocycles. The summed E-state index contributed by atoms with van der Waals surface area (Å²) in [6.45, 7) is 0.912. The van der Waals surface area contributed by atoms with E-state index >= 15 is 0 Å². The van der Waals surface area contributed by atoms with Crippen molar-refractivity contribution in [2.45, 2.75) is 56.6 Å². The van der Waals surface area contributed by atoms with Crippen LogP contribution in [0.25, 0.3) is 11.1 Å². The maximum atomic E-state index is 12.8. The second-order valence-electron chi connectivity index (χ2n) is 9.62. The molecule has 0 spiro atoms. The van der Waals surface area contributed by atoms with E-state index in [1.807, 2.05) is 24.3 Å². The van der Waals surface area contributed by atoms with Crippen LogP contribution in [0.3, 0.4) is 0 Å². The summed E-state index contributed by atoms with van der Waals surface area (Å²) in [5, 5.41) is 24.4. The number of ether oxygens (including phenoxy) is 1. The van der Waals surface area contributed by atoms with Crippen molar-refractivity contribution in [3.63, 3.8) is 0 Å². The van der Waals surface area contributed by atoms with Crippen LogP contribution in [0.1, 0.15) is 56.1 Å². The highest BCUT2D eigenvalue weighted by atomic mass is 16.5. The van der Waals surface area contributed by atoms with E-state index in [0.717, 1.165) is 48.4 Å². The number of carbonyl (C=O) groups is 3. The molecule has 4 N–H and O–H groups in total. The Kier molecular flexibility index (Phi) is 7.40. The summed E-state index contributed by atoms with van der Waals surface area (Å²) in [5.41, 5.74) is 2.48. The topological polar surface area (TPSA) is 125 Å². The molecule has 0 bridgehead atoms. The minimum absolute atomic E-state index is 0.0559. The molecule has 1 fully saturated rings. The fourth-order valence-electron chi connectivity index (χ4n) is 5.05. The number of fused-ring (bicyclic) bond motifs is 3. The lowest BCUT2D eigenvalue weighted by atomic mass is 9.93. The lowest BCUT2D eigenvalue weighted by molar-refractivity contribution is -0.156. The molecule has 8 nitrogen and oxygen atoms in total. The molecule has 35 heavy (non-hydrogen) atoms. The fourth-order valence-corrected chi connectivity index (χ4v) is 5.05. The number of nitrogens with one attached hydrogen (secondary N) is 2. The smallest absolute Gasteiger partial charge is 0.407 e. The summed E-state index contributed by atoms with van der Waals surface area (Å²) in [5.74, 6) is -2.37. The van der Waals surface area contributed by atoms with Gasteiger partial charge in [0.1, 0.15) is 6.61 Å². The van der Waals surface area contributed by atoms with Gasteiger partial charge in [-0.05, 0) is 42.0 Å². The third-order valence-electron chi connectivity index (χ3n) is 7.07. The number of aliphatic hydroxyl groups is 1. The van der Waals surface area contributed by atoms with Gasteiger partial charge in [-0.15, -0.1) is 0 Å². The van der Waals surface area contributed by atoms with Crippen LogP contribution < -0.4 is 10.6 Å². The molecule has 8 heteroatoms. The highest BCUT2D eigenvalue weighted by Gasteiger charge is 2.35. The SMILES string of the molecule is CC(O)(CNC(=O)[C@@H]1CCCCC[C@@H]1NC(=O)OCC1c2ccccc2-c2ccccc21)C(=O)O. The molecule has 2 aliphatic rings. The lowest BCUT2D eigenvalue weighted by Gasteiger charge is -2.27. The van der Waals surface area contributed by atoms with E-state index in [1.165, 1.54) is 0 Å². The van der Waals surface area contributed by atoms with Crippen LogP contribution in [0.4, 0.5) is 4.79 Å². The fraction of sp³-hybridized carbons (Fsp3) is 0.444. The van der Waals surface area contributed by atoms with Gasteiger partial charge in [-0.3, -0.25) is 4.79 Å². The van der Waals surface area contributed by atoms with Crippen LogP contribution in [-0.4, -0.2) is 53.0 Å². The third kappa shape index (κ3) is 5.48. The number of carboxylic acids is 1. The Bertz CT molecular complexity index is 1050. The Morgan fingerprint density at radius 1 is 0.971 bits per heavy atom. The van der Waals surface area contributed by atoms with Crippen LogP contribution in [0.15, 0.2) is 48.5 Å². The zero-order chi connectivity index (χ0) is 25.0. The van der Waals surface area contributed by atoms with E-state index in [0.29, 0.717) is 12.8 Å². The molecule has 4 rings (SSSR count). The van der Waals surface area contributed by atoms with Gasteiger partial charge in [0, 0.05) is 12.0 Å². The number of carboxylic acid groups (broad SMARTS) is 1. The standard InChI is InChI=1S/C27H32N2O6/c1-27(34,25(31)32)16-28-24(30)21-13-3-2-4-14-23(21)29-26(33)35-15-22-19-11-7-5-9-17(19)18-10-6-8-12-20(18)22/h5-12,21-23,34H,2-4,13-16H2,1H3,(H,28,30)(H,29,33)(H,31,32)/t21-,23+,27?/m1/s1. The Morgan fingerprint density at radius 2 is 1.57 bits per heavy atom. The predicted octanol–water partition coefficient (Wildman–Crippen LogP) is 3.43. The van der Waals surface area contributed by atoms with Gasteiger partial charge >= 0.3 is 12.1 Å². The van der Waals surface area contributed by atoms with Crippen molar-refractivity contribution in [1.82, 2.24) is 10.6 Å². The molecule has 3 atom stereocenters. The van der Waals surface area contributed by atoms with Crippen molar-refractivity contribution in [2.75, 3.05) is 13.2 Å². The summed E-state index contributed by atoms with van der Waals surface area (Å²) in [6.07, 6.45) is 3.25. The molecule has 0 radical (unpaired) electrons. The number of hydrogen-bond donors (Lipinski definition) is 4. The molecule has 0 aromatic heterocycles. The van der Waals surface area contributed by atoms with E-state index < -0.39 is 36.2 Å². The Hall–Kier alpha value is -3.39. The molecule has 2 amide bonds. The monoisotopic (exact) mass is 480 g/mol. The maximum absolute atomic E-state index is 12.8. The van der Waals surface area contributed by atoms with Crippen molar-refractivity contribution < 1.29 is 29.3 Å². The summed E-state index contributed by atoms with van der Waals surface area (Å²) in [7, 11) is 0. The first-order chi connectivity index (χ1) is 16.8. The molecule has 1 unspecified atom stereocenters. The Morgan fingerprint density at radius 3 is 2.20 bits per heavy atom. The Balaban J connectivity index is 1.39. The molecule has 1 saturated carbocycles. The second-order valence-corrected chi connectivity index (χ2v) is 9.62. The highest BCUT2D eigenvalue weighted by molar-refractivity contribution is 5.83. The number of rotatable bonds is 7. The molecular weight excluding hydrogens is 448 g/mol. The first kappa shape index (κ1) is 24.7. The first-order valence-corrected chi connectivity index (χ1v) is 12.1. The number of hydrogen-bond acceptors (Lipinski definition) is 5. The number of aliphatic carboxylic acids is 1. The van der Waals surface area contributed by atoms with Crippen LogP contribution in [-0.2, 0) is 14.3 Å². The molecule has 2 aromatic carbocycles. The predicted molar refractivity (Wildman–Crippen MR) is 130 cm³/mol. The van der Waals surface area contributed by atoms with E-state index in [-0.39, 0.29) is 18.4 Å². The molecule has 0 heterocycles. The number of carbonyl (C=O) groups excluding carboxylic acids is 2. The molecule has 0 aliphatic heterocycles. The van der Waals surface area contributed by atoms with Gasteiger partial charge in [0.2, 0.25) is 5.91 Å². The van der Waals surface area contributed by atoms with E-state index in [1.54, 1.807) is 0 Å². The average Bonchev–Trinajstić information content (AvgIpc) is 2.97. The minimum atomic E-state index is -2.06. The summed E-state index contributed by atoms with van der Waals surface area (Å²) < 4.78 is 5.66. The van der Waals surface area contributed by atoms with Crippen molar-refractivity contribution in [1.29, 1.82) is 0 Å². The van der Waals surface area contributed by atoms with E-state index in [4.69, 9.17) is 9.84 Å². The quantitative estimate of drug-likeness (QED) is 0.450. The largest absolute Gasteiger partial charge is 0.479 e. The highest BCUT2D eigenvalue weighted by Crippen LogP contribution is 2.44. The van der Waals surface area contributed by atoms with Gasteiger partial charge in [0.15, 0.2) is 5.60 Å². The number of alkyl carbamates (subject to hydrolysis) is 1. The van der Waals surface area contributed by atoms with E-state index in [9.17, 15) is 19.5 Å². The van der Waals surface area contributed by atoms with Crippen LogP contribution >= 0.6 is 0 Å². The maximum Gasteiger partial charge on any atom is 0.407 e. The molecule has 186 valence electrons. The molecular formula is C27H32N2O6. The second kappa shape index (κ2) is 10.5. The summed E-state index contributed by atoms with van der Waals surface area (Å²) in [4.78, 5) is 36.8. The van der Waals surface area contributed by atoms with Crippen molar-refractivity contribution in [3.05, 3.63) is 59.7 Å². The van der Waals surface area contributed by atoms with Gasteiger partial charge in [-0.25, -0.2) is 9.59 Å². The Labute approximate surface area is 204 Å². The zero-order valence-electron chi connectivity index (χ0n) is 19.8. The van der Waals surface area contributed by atoms with Gasteiger partial charge in [-0.1, -0.05) is 67.8 Å². The van der Waals surface area contributed by atoms with Crippen molar-refractivity contribution in [3.8, 4) is 11.1 Å². The van der Waals surface area contributed by atoms with Gasteiger partial charge in [0.05, 0.1) is 12.5 Å². The van der Waals surface area contributed by atoms with Gasteiger partial charge < -0.3 is 25.6 Å². The van der Waals surface area contributed by atoms with Crippen molar-refractivity contribution in [2.24, 2.45) is 5.92 Å².